The van der Waals surface area contributed by atoms with Gasteiger partial charge in [-0.2, -0.15) is 0 Å². The maximum Gasteiger partial charge on any atom is 0.0313 e. The van der Waals surface area contributed by atoms with E-state index in [-0.39, 0.29) is 0 Å². The van der Waals surface area contributed by atoms with Gasteiger partial charge in [0.05, 0.1) is 0 Å². The van der Waals surface area contributed by atoms with Gasteiger partial charge in [-0.3, -0.25) is 0 Å². The molecule has 2 heteroatoms. The second-order valence-electron chi connectivity index (χ2n) is 6.85. The Hall–Kier alpha value is 0.434. The lowest BCUT2D eigenvalue weighted by atomic mass is 9.93. The van der Waals surface area contributed by atoms with Crippen molar-refractivity contribution >= 4 is 16.6 Å². The minimum Gasteiger partial charge on any atom is -0.0741 e. The standard InChI is InChI=1S/C14H34Si2/c1-9-13(4,5)12-15(7)16(8)14(6,10-2)11-3/h15-16H,9-12H2,1-8H3. The zero-order valence-electron chi connectivity index (χ0n) is 13.0. The maximum atomic E-state index is 2.66. The third-order valence-electron chi connectivity index (χ3n) is 5.40. The Labute approximate surface area is 107 Å². The Morgan fingerprint density at radius 3 is 1.56 bits per heavy atom. The van der Waals surface area contributed by atoms with Gasteiger partial charge in [-0.25, -0.2) is 0 Å². The number of hydrogen-bond acceptors (Lipinski definition) is 0. The van der Waals surface area contributed by atoms with Crippen molar-refractivity contribution in [3.63, 3.8) is 0 Å². The van der Waals surface area contributed by atoms with Crippen LogP contribution in [0.4, 0.5) is 0 Å². The van der Waals surface area contributed by atoms with E-state index in [0.29, 0.717) is 5.41 Å². The molecule has 0 aliphatic rings. The molecule has 0 aliphatic carbocycles. The largest absolute Gasteiger partial charge is 0.0741 e. The molecule has 0 amide bonds. The van der Waals surface area contributed by atoms with Crippen LogP contribution in [-0.4, -0.2) is 16.6 Å². The molecule has 2 unspecified atom stereocenters. The summed E-state index contributed by atoms with van der Waals surface area (Å²) in [5.74, 6) is 0. The van der Waals surface area contributed by atoms with E-state index >= 15 is 0 Å². The molecule has 16 heavy (non-hydrogen) atoms. The predicted molar refractivity (Wildman–Crippen MR) is 83.9 cm³/mol. The first-order valence-electron chi connectivity index (χ1n) is 7.22. The summed E-state index contributed by atoms with van der Waals surface area (Å²) in [6, 6.07) is 1.56. The van der Waals surface area contributed by atoms with Gasteiger partial charge in [0.1, 0.15) is 0 Å². The normalized spacial score (nSPS) is 17.2. The van der Waals surface area contributed by atoms with Crippen molar-refractivity contribution in [2.45, 2.75) is 85.0 Å². The molecule has 2 atom stereocenters. The fourth-order valence-electron chi connectivity index (χ4n) is 2.77. The predicted octanol–water partition coefficient (Wildman–Crippen LogP) is 4.80. The van der Waals surface area contributed by atoms with Gasteiger partial charge in [0.25, 0.3) is 0 Å². The van der Waals surface area contributed by atoms with Crippen molar-refractivity contribution in [2.75, 3.05) is 0 Å². The average Bonchev–Trinajstić information content (AvgIpc) is 2.26. The summed E-state index contributed by atoms with van der Waals surface area (Å²) in [6.45, 7) is 20.0. The van der Waals surface area contributed by atoms with Crippen LogP contribution in [0.25, 0.3) is 0 Å². The Kier molecular flexibility index (Phi) is 6.56. The van der Waals surface area contributed by atoms with Gasteiger partial charge in [-0.15, -0.1) is 0 Å². The van der Waals surface area contributed by atoms with Crippen molar-refractivity contribution in [1.82, 2.24) is 0 Å². The number of rotatable bonds is 7. The van der Waals surface area contributed by atoms with Gasteiger partial charge in [-0.1, -0.05) is 79.9 Å². The lowest BCUT2D eigenvalue weighted by Crippen LogP contribution is -2.42. The van der Waals surface area contributed by atoms with Crippen molar-refractivity contribution in [2.24, 2.45) is 5.41 Å². The molecule has 0 bridgehead atoms. The van der Waals surface area contributed by atoms with Crippen LogP contribution in [0.15, 0.2) is 0 Å². The van der Waals surface area contributed by atoms with E-state index in [9.17, 15) is 0 Å². The van der Waals surface area contributed by atoms with E-state index in [2.05, 4.69) is 54.6 Å². The first-order chi connectivity index (χ1) is 7.22. The van der Waals surface area contributed by atoms with Gasteiger partial charge >= 0.3 is 0 Å². The topological polar surface area (TPSA) is 0 Å². The zero-order chi connectivity index (χ0) is 13.0. The molecule has 0 radical (unpaired) electrons. The number of hydrogen-bond donors (Lipinski definition) is 0. The second kappa shape index (κ2) is 6.39. The molecule has 0 heterocycles. The summed E-state index contributed by atoms with van der Waals surface area (Å²) in [5.41, 5.74) is 0.606. The molecule has 0 spiro atoms. The highest BCUT2D eigenvalue weighted by Gasteiger charge is 2.35. The lowest BCUT2D eigenvalue weighted by Gasteiger charge is -2.39. The summed E-state index contributed by atoms with van der Waals surface area (Å²) in [5, 5.41) is 0.732. The Morgan fingerprint density at radius 1 is 0.812 bits per heavy atom. The molecule has 0 rings (SSSR count). The lowest BCUT2D eigenvalue weighted by molar-refractivity contribution is 0.395. The molecule has 0 fully saturated rings. The van der Waals surface area contributed by atoms with Gasteiger partial charge < -0.3 is 0 Å². The minimum atomic E-state index is -0.501. The van der Waals surface area contributed by atoms with Gasteiger partial charge in [0.15, 0.2) is 0 Å². The second-order valence-corrected chi connectivity index (χ2v) is 18.6. The van der Waals surface area contributed by atoms with E-state index in [1.165, 1.54) is 19.3 Å². The van der Waals surface area contributed by atoms with Crippen molar-refractivity contribution in [3.8, 4) is 0 Å². The quantitative estimate of drug-likeness (QED) is 0.576. The molecule has 0 aromatic heterocycles. The van der Waals surface area contributed by atoms with Crippen LogP contribution >= 0.6 is 0 Å². The Morgan fingerprint density at radius 2 is 1.25 bits per heavy atom. The van der Waals surface area contributed by atoms with E-state index in [1.807, 2.05) is 0 Å². The van der Waals surface area contributed by atoms with Crippen molar-refractivity contribution in [1.29, 1.82) is 0 Å². The molecule has 0 aromatic carbocycles. The Balaban J connectivity index is 4.55. The monoisotopic (exact) mass is 258 g/mol. The summed E-state index contributed by atoms with van der Waals surface area (Å²) in [4.78, 5) is 0. The molecule has 0 saturated carbocycles. The fraction of sp³-hybridized carbons (Fsp3) is 1.00. The van der Waals surface area contributed by atoms with E-state index in [1.54, 1.807) is 6.04 Å². The molecular weight excluding hydrogens is 224 g/mol. The SMILES string of the molecule is CCC(C)(C)C[SiH](C)[SiH](C)C(C)(CC)CC. The highest BCUT2D eigenvalue weighted by atomic mass is 29.2. The summed E-state index contributed by atoms with van der Waals surface area (Å²) < 4.78 is 0. The van der Waals surface area contributed by atoms with E-state index in [0.717, 1.165) is 5.04 Å². The molecule has 0 N–H and O–H groups in total. The smallest absolute Gasteiger partial charge is 0.0313 e. The summed E-state index contributed by atoms with van der Waals surface area (Å²) in [6.07, 6.45) is 4.15. The maximum absolute atomic E-state index is 2.66. The first-order valence-corrected chi connectivity index (χ1v) is 13.6. The third-order valence-corrected chi connectivity index (χ3v) is 20.1. The van der Waals surface area contributed by atoms with Crippen LogP contribution in [0.5, 0.6) is 0 Å². The van der Waals surface area contributed by atoms with Gasteiger partial charge in [-0.05, 0) is 10.5 Å². The van der Waals surface area contributed by atoms with Crippen LogP contribution in [0, 0.1) is 5.41 Å². The zero-order valence-corrected chi connectivity index (χ0v) is 15.3. The van der Waals surface area contributed by atoms with E-state index in [4.69, 9.17) is 0 Å². The minimum absolute atomic E-state index is 0.460. The van der Waals surface area contributed by atoms with Gasteiger partial charge in [0, 0.05) is 16.6 Å². The summed E-state index contributed by atoms with van der Waals surface area (Å²) >= 11 is 0. The third kappa shape index (κ3) is 4.36. The van der Waals surface area contributed by atoms with Crippen molar-refractivity contribution in [3.05, 3.63) is 0 Å². The first kappa shape index (κ1) is 16.4. The van der Waals surface area contributed by atoms with Crippen LogP contribution in [0.3, 0.4) is 0 Å². The van der Waals surface area contributed by atoms with Crippen LogP contribution < -0.4 is 0 Å². The van der Waals surface area contributed by atoms with Crippen LogP contribution in [0.1, 0.15) is 60.8 Å². The molecule has 98 valence electrons. The van der Waals surface area contributed by atoms with Gasteiger partial charge in [0.2, 0.25) is 0 Å². The average molecular weight is 259 g/mol. The molecule has 0 aromatic rings. The molecule has 0 aliphatic heterocycles. The van der Waals surface area contributed by atoms with E-state index < -0.39 is 16.6 Å². The van der Waals surface area contributed by atoms with Crippen LogP contribution in [-0.2, 0) is 0 Å². The highest BCUT2D eigenvalue weighted by molar-refractivity contribution is 7.22. The fourth-order valence-corrected chi connectivity index (χ4v) is 16.3. The molecular formula is C14H34Si2. The molecule has 0 nitrogen and oxygen atoms in total. The van der Waals surface area contributed by atoms with Crippen molar-refractivity contribution < 1.29 is 0 Å². The highest BCUT2D eigenvalue weighted by Crippen LogP contribution is 2.40. The molecule has 0 saturated heterocycles. The Bertz CT molecular complexity index is 195. The van der Waals surface area contributed by atoms with Crippen LogP contribution in [0.2, 0.25) is 24.2 Å². The summed E-state index contributed by atoms with van der Waals surface area (Å²) in [7, 11) is -0.961.